The van der Waals surface area contributed by atoms with Crippen molar-refractivity contribution in [1.82, 2.24) is 9.29 Å². The number of hydrogen-bond acceptors (Lipinski definition) is 7. The number of amides is 1. The maximum Gasteiger partial charge on any atom is 0.260 e. The van der Waals surface area contributed by atoms with E-state index in [1.165, 1.54) is 57.0 Å². The molecule has 8 nitrogen and oxygen atoms in total. The molecule has 0 radical (unpaired) electrons. The molecule has 2 aromatic carbocycles. The van der Waals surface area contributed by atoms with Crippen LogP contribution >= 0.6 is 11.3 Å². The minimum absolute atomic E-state index is 0.0756. The Morgan fingerprint density at radius 3 is 2.43 bits per heavy atom. The first kappa shape index (κ1) is 26.3. The molecular weight excluding hydrogens is 510 g/mol. The van der Waals surface area contributed by atoms with E-state index in [0.717, 1.165) is 4.70 Å². The summed E-state index contributed by atoms with van der Waals surface area (Å²) >= 11 is 1.36. The zero-order chi connectivity index (χ0) is 26.4. The Kier molecular flexibility index (Phi) is 8.22. The average Bonchev–Trinajstić information content (AvgIpc) is 3.57. The molecule has 4 rings (SSSR count). The lowest BCUT2D eigenvalue weighted by Crippen LogP contribution is -2.32. The van der Waals surface area contributed by atoms with Gasteiger partial charge in [0.25, 0.3) is 5.91 Å². The number of hydrogen-bond donors (Lipinski definition) is 0. The zero-order valence-electron chi connectivity index (χ0n) is 20.4. The fourth-order valence-electron chi connectivity index (χ4n) is 3.72. The van der Waals surface area contributed by atoms with E-state index in [4.69, 9.17) is 14.1 Å². The van der Waals surface area contributed by atoms with Crippen molar-refractivity contribution in [3.63, 3.8) is 0 Å². The highest BCUT2D eigenvalue weighted by atomic mass is 32.2. The van der Waals surface area contributed by atoms with Crippen molar-refractivity contribution in [2.75, 3.05) is 24.6 Å². The minimum atomic E-state index is -3.78. The maximum absolute atomic E-state index is 13.7. The number of benzene rings is 2. The molecule has 0 unspecified atom stereocenters. The molecule has 0 spiro atoms. The Bertz CT molecular complexity index is 1480. The summed E-state index contributed by atoms with van der Waals surface area (Å²) in [4.78, 5) is 20.0. The van der Waals surface area contributed by atoms with Crippen LogP contribution in [0.15, 0.2) is 95.5 Å². The molecule has 0 aliphatic heterocycles. The molecule has 0 atom stereocenters. The summed E-state index contributed by atoms with van der Waals surface area (Å²) in [6.45, 7) is 10.1. The van der Waals surface area contributed by atoms with E-state index < -0.39 is 10.0 Å². The second-order valence-electron chi connectivity index (χ2n) is 7.93. The van der Waals surface area contributed by atoms with Gasteiger partial charge in [0.15, 0.2) is 5.13 Å². The van der Waals surface area contributed by atoms with Crippen LogP contribution < -0.4 is 9.64 Å². The molecule has 10 heteroatoms. The summed E-state index contributed by atoms with van der Waals surface area (Å²) in [5.41, 5.74) is 0.987. The first-order valence-corrected chi connectivity index (χ1v) is 13.8. The number of aromatic nitrogens is 1. The molecule has 1 amide bonds. The molecule has 0 saturated heterocycles. The minimum Gasteiger partial charge on any atom is -0.492 e. The van der Waals surface area contributed by atoms with Gasteiger partial charge in [-0.2, -0.15) is 4.31 Å². The first-order chi connectivity index (χ1) is 17.9. The molecule has 0 N–H and O–H groups in total. The van der Waals surface area contributed by atoms with E-state index in [9.17, 15) is 13.2 Å². The molecule has 0 bridgehead atoms. The molecule has 192 valence electrons. The molecule has 0 saturated carbocycles. The van der Waals surface area contributed by atoms with E-state index in [-0.39, 0.29) is 30.4 Å². The maximum atomic E-state index is 13.7. The van der Waals surface area contributed by atoms with Gasteiger partial charge in [-0.25, -0.2) is 13.4 Å². The van der Waals surface area contributed by atoms with Gasteiger partial charge in [0, 0.05) is 18.7 Å². The average molecular weight is 538 g/mol. The Morgan fingerprint density at radius 1 is 1.08 bits per heavy atom. The van der Waals surface area contributed by atoms with Crippen molar-refractivity contribution in [3.05, 3.63) is 97.5 Å². The fourth-order valence-corrected chi connectivity index (χ4v) is 6.08. The smallest absolute Gasteiger partial charge is 0.260 e. The van der Waals surface area contributed by atoms with Crippen LogP contribution in [-0.2, 0) is 16.6 Å². The van der Waals surface area contributed by atoms with E-state index in [1.807, 2.05) is 25.1 Å². The van der Waals surface area contributed by atoms with Crippen LogP contribution in [0, 0.1) is 0 Å². The Morgan fingerprint density at radius 2 is 1.81 bits per heavy atom. The third kappa shape index (κ3) is 5.66. The van der Waals surface area contributed by atoms with E-state index >= 15 is 0 Å². The SMILES string of the molecule is C=CCN(CC=C)S(=O)(=O)c1ccc(C(=O)N(Cc2ccco2)c2nc3c(OCC)cccc3s2)cc1. The number of fused-ring (bicyclic) bond motifs is 1. The summed E-state index contributed by atoms with van der Waals surface area (Å²) in [5, 5.41) is 0.475. The molecule has 4 aromatic rings. The Labute approximate surface area is 220 Å². The highest BCUT2D eigenvalue weighted by Crippen LogP contribution is 2.35. The summed E-state index contributed by atoms with van der Waals surface area (Å²) in [6, 6.07) is 15.0. The lowest BCUT2D eigenvalue weighted by molar-refractivity contribution is 0.0983. The van der Waals surface area contributed by atoms with Crippen LogP contribution in [-0.4, -0.2) is 43.3 Å². The number of carbonyl (C=O) groups is 1. The van der Waals surface area contributed by atoms with Crippen LogP contribution in [0.2, 0.25) is 0 Å². The number of carbonyl (C=O) groups excluding carboxylic acids is 1. The van der Waals surface area contributed by atoms with Gasteiger partial charge >= 0.3 is 0 Å². The number of furan rings is 1. The van der Waals surface area contributed by atoms with E-state index in [2.05, 4.69) is 13.2 Å². The normalized spacial score (nSPS) is 11.5. The van der Waals surface area contributed by atoms with Gasteiger partial charge in [-0.3, -0.25) is 9.69 Å². The topological polar surface area (TPSA) is 93.0 Å². The Hall–Kier alpha value is -3.73. The van der Waals surface area contributed by atoms with Crippen LogP contribution in [0.25, 0.3) is 10.2 Å². The first-order valence-electron chi connectivity index (χ1n) is 11.6. The van der Waals surface area contributed by atoms with Gasteiger partial charge < -0.3 is 9.15 Å². The van der Waals surface area contributed by atoms with E-state index in [0.29, 0.717) is 34.3 Å². The van der Waals surface area contributed by atoms with Gasteiger partial charge in [-0.05, 0) is 55.5 Å². The third-order valence-corrected chi connectivity index (χ3v) is 8.33. The number of thiazole rings is 1. The van der Waals surface area contributed by atoms with Crippen LogP contribution in [0.1, 0.15) is 23.0 Å². The number of nitrogens with zero attached hydrogens (tertiary/aromatic N) is 3. The largest absolute Gasteiger partial charge is 0.492 e. The number of ether oxygens (including phenoxy) is 1. The summed E-state index contributed by atoms with van der Waals surface area (Å²) in [6.07, 6.45) is 4.57. The quantitative estimate of drug-likeness (QED) is 0.222. The van der Waals surface area contributed by atoms with Crippen molar-refractivity contribution < 1.29 is 22.4 Å². The molecule has 2 aromatic heterocycles. The molecule has 0 fully saturated rings. The van der Waals surface area contributed by atoms with Crippen LogP contribution in [0.5, 0.6) is 5.75 Å². The number of anilines is 1. The van der Waals surface area contributed by atoms with Gasteiger partial charge in [0.1, 0.15) is 17.0 Å². The molecule has 0 aliphatic carbocycles. The lowest BCUT2D eigenvalue weighted by atomic mass is 10.2. The van der Waals surface area contributed by atoms with Gasteiger partial charge in [0.05, 0.1) is 29.0 Å². The predicted molar refractivity (Wildman–Crippen MR) is 146 cm³/mol. The van der Waals surface area contributed by atoms with Crippen molar-refractivity contribution in [1.29, 1.82) is 0 Å². The lowest BCUT2D eigenvalue weighted by Gasteiger charge is -2.20. The van der Waals surface area contributed by atoms with Crippen molar-refractivity contribution in [2.45, 2.75) is 18.4 Å². The van der Waals surface area contributed by atoms with Crippen molar-refractivity contribution >= 4 is 42.6 Å². The highest BCUT2D eigenvalue weighted by Gasteiger charge is 2.26. The summed E-state index contributed by atoms with van der Waals surface area (Å²) in [7, 11) is -3.78. The second-order valence-corrected chi connectivity index (χ2v) is 10.9. The van der Waals surface area contributed by atoms with Crippen LogP contribution in [0.3, 0.4) is 0 Å². The van der Waals surface area contributed by atoms with Crippen molar-refractivity contribution in [2.24, 2.45) is 0 Å². The van der Waals surface area contributed by atoms with Crippen molar-refractivity contribution in [3.8, 4) is 5.75 Å². The van der Waals surface area contributed by atoms with Gasteiger partial charge in [-0.15, -0.1) is 13.2 Å². The molecule has 0 aliphatic rings. The van der Waals surface area contributed by atoms with Crippen LogP contribution in [0.4, 0.5) is 5.13 Å². The summed E-state index contributed by atoms with van der Waals surface area (Å²) in [5.74, 6) is 0.888. The van der Waals surface area contributed by atoms with E-state index in [1.54, 1.807) is 18.4 Å². The molecular formula is C27H27N3O5S2. The highest BCUT2D eigenvalue weighted by molar-refractivity contribution is 7.89. The molecule has 37 heavy (non-hydrogen) atoms. The zero-order valence-corrected chi connectivity index (χ0v) is 22.0. The predicted octanol–water partition coefficient (Wildman–Crippen LogP) is 5.50. The number of sulfonamides is 1. The van der Waals surface area contributed by atoms with Gasteiger partial charge in [0.2, 0.25) is 10.0 Å². The second kappa shape index (κ2) is 11.5. The Balaban J connectivity index is 1.69. The monoisotopic (exact) mass is 537 g/mol. The van der Waals surface area contributed by atoms with Gasteiger partial charge in [-0.1, -0.05) is 29.6 Å². The fraction of sp³-hybridized carbons (Fsp3) is 0.185. The standard InChI is InChI=1S/C27H27N3O5S2/c1-4-16-29(17-5-2)37(32,33)22-14-12-20(13-15-22)26(31)30(19-21-9-8-18-35-21)27-28-25-23(34-6-3)10-7-11-24(25)36-27/h4-5,7-15,18H,1-2,6,16-17,19H2,3H3. The summed E-state index contributed by atoms with van der Waals surface area (Å²) < 4.78 is 39.4. The third-order valence-electron chi connectivity index (χ3n) is 5.45. The number of rotatable bonds is 12. The number of para-hydroxylation sites is 1. The molecule has 2 heterocycles.